The normalized spacial score (nSPS) is 13.3. The number of para-hydroxylation sites is 1. The highest BCUT2D eigenvalue weighted by Gasteiger charge is 2.31. The van der Waals surface area contributed by atoms with Crippen LogP contribution in [0.5, 0.6) is 23.3 Å². The zero-order valence-corrected chi connectivity index (χ0v) is 24.1. The van der Waals surface area contributed by atoms with Crippen LogP contribution in [0.1, 0.15) is 24.4 Å². The number of benzene rings is 1. The number of nitrogens with one attached hydrogen (secondary N) is 1. The third-order valence-corrected chi connectivity index (χ3v) is 7.32. The van der Waals surface area contributed by atoms with Crippen molar-refractivity contribution in [2.75, 3.05) is 40.3 Å². The molecule has 40 heavy (non-hydrogen) atoms. The number of pyridine rings is 1. The van der Waals surface area contributed by atoms with Crippen molar-refractivity contribution in [3.05, 3.63) is 54.0 Å². The highest BCUT2D eigenvalue weighted by Crippen LogP contribution is 2.38. The maximum atomic E-state index is 13.7. The fourth-order valence-corrected chi connectivity index (χ4v) is 5.03. The number of methoxy groups -OCH3 is 5. The predicted molar refractivity (Wildman–Crippen MR) is 149 cm³/mol. The van der Waals surface area contributed by atoms with Gasteiger partial charge in [-0.3, -0.25) is 14.3 Å². The van der Waals surface area contributed by atoms with Crippen LogP contribution in [-0.4, -0.2) is 74.7 Å². The molecule has 4 aromatic rings. The number of nitrogens with zero attached hydrogens (tertiary/aromatic N) is 6. The summed E-state index contributed by atoms with van der Waals surface area (Å²) in [7, 11) is 5.85. The van der Waals surface area contributed by atoms with E-state index in [0.717, 1.165) is 0 Å². The van der Waals surface area contributed by atoms with Gasteiger partial charge >= 0.3 is 0 Å². The standard InChI is InChI=1S/C26H31N7O6S/c1-15-14-27-21(25(28-15)39-7)23(38-6)16(2)40(34)32-26-31-30-24(17-10-8-13-20(29-17)37-5)33(26)22-18(35-3)11-9-12-19(22)36-4/h8-14,16,23H,1-7H3,(H,31,32)/t16-,23+,40?/m1/s1. The molecule has 212 valence electrons. The van der Waals surface area contributed by atoms with Crippen LogP contribution in [0.2, 0.25) is 0 Å². The maximum absolute atomic E-state index is 13.7. The van der Waals surface area contributed by atoms with Gasteiger partial charge in [-0.05, 0) is 32.0 Å². The number of anilines is 1. The Balaban J connectivity index is 1.80. The van der Waals surface area contributed by atoms with E-state index in [9.17, 15) is 4.21 Å². The monoisotopic (exact) mass is 569 g/mol. The molecule has 0 aliphatic rings. The third kappa shape index (κ3) is 5.67. The van der Waals surface area contributed by atoms with Gasteiger partial charge in [0, 0.05) is 19.4 Å². The molecule has 3 heterocycles. The van der Waals surface area contributed by atoms with Crippen LogP contribution in [0.4, 0.5) is 5.95 Å². The Morgan fingerprint density at radius 2 is 1.60 bits per heavy atom. The number of rotatable bonds is 12. The van der Waals surface area contributed by atoms with E-state index in [1.807, 2.05) is 0 Å². The zero-order chi connectivity index (χ0) is 28.8. The van der Waals surface area contributed by atoms with E-state index in [0.29, 0.717) is 51.9 Å². The van der Waals surface area contributed by atoms with Gasteiger partial charge in [-0.1, -0.05) is 12.1 Å². The van der Waals surface area contributed by atoms with Gasteiger partial charge in [0.1, 0.15) is 45.7 Å². The summed E-state index contributed by atoms with van der Waals surface area (Å²) in [5.41, 5.74) is 2.05. The lowest BCUT2D eigenvalue weighted by atomic mass is 10.2. The summed E-state index contributed by atoms with van der Waals surface area (Å²) in [5, 5.41) is 8.07. The Kier molecular flexibility index (Phi) is 9.11. The molecule has 0 bridgehead atoms. The molecule has 1 aromatic carbocycles. The van der Waals surface area contributed by atoms with Crippen LogP contribution in [0.25, 0.3) is 17.2 Å². The Bertz CT molecular complexity index is 1480. The average molecular weight is 570 g/mol. The number of aryl methyl sites for hydroxylation is 1. The van der Waals surface area contributed by atoms with Crippen molar-refractivity contribution in [3.8, 4) is 40.5 Å². The first-order chi connectivity index (χ1) is 19.4. The van der Waals surface area contributed by atoms with Crippen LogP contribution in [0, 0.1) is 6.92 Å². The minimum atomic E-state index is -1.76. The molecule has 0 saturated carbocycles. The van der Waals surface area contributed by atoms with Crippen molar-refractivity contribution < 1.29 is 27.9 Å². The Hall–Kier alpha value is -4.30. The van der Waals surface area contributed by atoms with Gasteiger partial charge in [-0.15, -0.1) is 10.2 Å². The van der Waals surface area contributed by atoms with Gasteiger partial charge < -0.3 is 23.7 Å². The minimum Gasteiger partial charge on any atom is -0.494 e. The number of hydrogen-bond donors (Lipinski definition) is 1. The third-order valence-electron chi connectivity index (χ3n) is 6.01. The molecule has 4 rings (SSSR count). The number of ether oxygens (including phenoxy) is 5. The minimum absolute atomic E-state index is 0.157. The summed E-state index contributed by atoms with van der Waals surface area (Å²) in [4.78, 5) is 13.3. The molecule has 14 heteroatoms. The van der Waals surface area contributed by atoms with Gasteiger partial charge in [0.25, 0.3) is 0 Å². The first-order valence-corrected chi connectivity index (χ1v) is 13.3. The summed E-state index contributed by atoms with van der Waals surface area (Å²) in [6.45, 7) is 3.56. The Labute approximate surface area is 234 Å². The van der Waals surface area contributed by atoms with Crippen molar-refractivity contribution in [2.24, 2.45) is 0 Å². The van der Waals surface area contributed by atoms with Gasteiger partial charge in [-0.25, -0.2) is 14.2 Å². The largest absolute Gasteiger partial charge is 0.494 e. The molecular formula is C26H31N7O6S. The molecule has 3 aromatic heterocycles. The van der Waals surface area contributed by atoms with Gasteiger partial charge in [-0.2, -0.15) is 0 Å². The van der Waals surface area contributed by atoms with Gasteiger partial charge in [0.2, 0.25) is 17.7 Å². The molecule has 13 nitrogen and oxygen atoms in total. The Morgan fingerprint density at radius 3 is 2.23 bits per heavy atom. The average Bonchev–Trinajstić information content (AvgIpc) is 3.40. The number of aromatic nitrogens is 6. The molecule has 0 amide bonds. The van der Waals surface area contributed by atoms with Crippen LogP contribution in [-0.2, 0) is 15.7 Å². The lowest BCUT2D eigenvalue weighted by Gasteiger charge is -2.23. The summed E-state index contributed by atoms with van der Waals surface area (Å²) in [6.07, 6.45) is 0.887. The zero-order valence-electron chi connectivity index (χ0n) is 23.2. The first-order valence-electron chi connectivity index (χ1n) is 12.1. The second-order valence-electron chi connectivity index (χ2n) is 8.43. The van der Waals surface area contributed by atoms with Crippen LogP contribution in [0.15, 0.2) is 42.6 Å². The smallest absolute Gasteiger partial charge is 0.241 e. The van der Waals surface area contributed by atoms with Crippen LogP contribution < -0.4 is 23.7 Å². The van der Waals surface area contributed by atoms with E-state index < -0.39 is 22.3 Å². The molecule has 0 fully saturated rings. The summed E-state index contributed by atoms with van der Waals surface area (Å²) < 4.78 is 46.1. The SMILES string of the molecule is COc1cccc(-c2nnc(NS(=O)[C@H](C)[C@H](OC)c3ncc(C)nc3OC)n2-c2c(OC)cccc2OC)n1. The quantitative estimate of drug-likeness (QED) is 0.268. The predicted octanol–water partition coefficient (Wildman–Crippen LogP) is 3.31. The van der Waals surface area contributed by atoms with Crippen molar-refractivity contribution >= 4 is 16.9 Å². The topological polar surface area (TPSA) is 145 Å². The van der Waals surface area contributed by atoms with Crippen molar-refractivity contribution in [1.82, 2.24) is 29.7 Å². The molecular weight excluding hydrogens is 538 g/mol. The fraction of sp³-hybridized carbons (Fsp3) is 0.346. The van der Waals surface area contributed by atoms with Gasteiger partial charge in [0.15, 0.2) is 5.82 Å². The molecule has 0 aliphatic heterocycles. The molecule has 0 aliphatic carbocycles. The van der Waals surface area contributed by atoms with Crippen molar-refractivity contribution in [2.45, 2.75) is 25.2 Å². The first kappa shape index (κ1) is 28.7. The van der Waals surface area contributed by atoms with E-state index in [4.69, 9.17) is 23.7 Å². The van der Waals surface area contributed by atoms with Crippen LogP contribution in [0.3, 0.4) is 0 Å². The lowest BCUT2D eigenvalue weighted by Crippen LogP contribution is -2.28. The second kappa shape index (κ2) is 12.7. The molecule has 0 saturated heterocycles. The van der Waals surface area contributed by atoms with Crippen LogP contribution >= 0.6 is 0 Å². The van der Waals surface area contributed by atoms with Crippen molar-refractivity contribution in [3.63, 3.8) is 0 Å². The van der Waals surface area contributed by atoms with E-state index >= 15 is 0 Å². The van der Waals surface area contributed by atoms with E-state index in [1.165, 1.54) is 21.3 Å². The fourth-order valence-electron chi connectivity index (χ4n) is 4.06. The Morgan fingerprint density at radius 1 is 0.900 bits per heavy atom. The highest BCUT2D eigenvalue weighted by molar-refractivity contribution is 7.87. The van der Waals surface area contributed by atoms with E-state index in [1.54, 1.807) is 75.2 Å². The summed E-state index contributed by atoms with van der Waals surface area (Å²) in [6, 6.07) is 10.6. The lowest BCUT2D eigenvalue weighted by molar-refractivity contribution is 0.0966. The number of hydrogen-bond acceptors (Lipinski definition) is 11. The van der Waals surface area contributed by atoms with Gasteiger partial charge in [0.05, 0.1) is 39.4 Å². The molecule has 1 N–H and O–H groups in total. The summed E-state index contributed by atoms with van der Waals surface area (Å²) >= 11 is 0. The molecule has 0 radical (unpaired) electrons. The van der Waals surface area contributed by atoms with E-state index in [2.05, 4.69) is 29.9 Å². The maximum Gasteiger partial charge on any atom is 0.241 e. The second-order valence-corrected chi connectivity index (χ2v) is 9.97. The highest BCUT2D eigenvalue weighted by atomic mass is 32.2. The molecule has 3 atom stereocenters. The van der Waals surface area contributed by atoms with Crippen molar-refractivity contribution in [1.29, 1.82) is 0 Å². The summed E-state index contributed by atoms with van der Waals surface area (Å²) in [5.74, 6) is 2.12. The molecule has 0 spiro atoms. The molecule has 1 unspecified atom stereocenters. The van der Waals surface area contributed by atoms with E-state index in [-0.39, 0.29) is 5.95 Å².